The molecule has 1 aromatic rings. The SMILES string of the molecule is Cc1cccc(ONC2CCCCO2)c1. The fraction of sp³-hybridized carbons (Fsp3) is 0.500. The predicted molar refractivity (Wildman–Crippen MR) is 58.5 cm³/mol. The van der Waals surface area contributed by atoms with E-state index in [2.05, 4.69) is 5.48 Å². The Morgan fingerprint density at radius 1 is 1.40 bits per heavy atom. The molecular formula is C12H17NO2. The first-order chi connectivity index (χ1) is 7.34. The molecule has 0 saturated carbocycles. The first-order valence-corrected chi connectivity index (χ1v) is 5.45. The monoisotopic (exact) mass is 207 g/mol. The van der Waals surface area contributed by atoms with Crippen LogP contribution in [0.4, 0.5) is 0 Å². The first-order valence-electron chi connectivity index (χ1n) is 5.45. The van der Waals surface area contributed by atoms with Crippen molar-refractivity contribution in [1.82, 2.24) is 5.48 Å². The molecule has 0 aromatic heterocycles. The van der Waals surface area contributed by atoms with Crippen LogP contribution in [0.3, 0.4) is 0 Å². The molecule has 1 atom stereocenters. The summed E-state index contributed by atoms with van der Waals surface area (Å²) in [6, 6.07) is 7.96. The van der Waals surface area contributed by atoms with E-state index in [1.165, 1.54) is 12.0 Å². The second kappa shape index (κ2) is 5.14. The normalized spacial score (nSPS) is 21.3. The molecular weight excluding hydrogens is 190 g/mol. The molecule has 15 heavy (non-hydrogen) atoms. The van der Waals surface area contributed by atoms with Crippen molar-refractivity contribution >= 4 is 0 Å². The van der Waals surface area contributed by atoms with Crippen LogP contribution in [0.15, 0.2) is 24.3 Å². The Morgan fingerprint density at radius 2 is 2.33 bits per heavy atom. The van der Waals surface area contributed by atoms with Gasteiger partial charge < -0.3 is 9.57 Å². The zero-order chi connectivity index (χ0) is 10.5. The smallest absolute Gasteiger partial charge is 0.147 e. The van der Waals surface area contributed by atoms with Crippen molar-refractivity contribution in [2.24, 2.45) is 0 Å². The summed E-state index contributed by atoms with van der Waals surface area (Å²) >= 11 is 0. The van der Waals surface area contributed by atoms with Gasteiger partial charge in [-0.2, -0.15) is 0 Å². The lowest BCUT2D eigenvalue weighted by atomic mass is 10.2. The highest BCUT2D eigenvalue weighted by molar-refractivity contribution is 5.27. The van der Waals surface area contributed by atoms with Crippen LogP contribution >= 0.6 is 0 Å². The van der Waals surface area contributed by atoms with Gasteiger partial charge in [0.25, 0.3) is 0 Å². The third-order valence-electron chi connectivity index (χ3n) is 2.48. The van der Waals surface area contributed by atoms with Crippen molar-refractivity contribution in [3.8, 4) is 5.75 Å². The summed E-state index contributed by atoms with van der Waals surface area (Å²) < 4.78 is 5.49. The fourth-order valence-electron chi connectivity index (χ4n) is 1.65. The number of benzene rings is 1. The second-order valence-corrected chi connectivity index (χ2v) is 3.89. The molecule has 0 spiro atoms. The van der Waals surface area contributed by atoms with Crippen LogP contribution < -0.4 is 10.3 Å². The van der Waals surface area contributed by atoms with E-state index in [4.69, 9.17) is 9.57 Å². The number of hydrogen-bond donors (Lipinski definition) is 1. The largest absolute Gasteiger partial charge is 0.406 e. The van der Waals surface area contributed by atoms with Crippen molar-refractivity contribution in [2.75, 3.05) is 6.61 Å². The Labute approximate surface area is 90.3 Å². The van der Waals surface area contributed by atoms with Gasteiger partial charge in [-0.05, 0) is 43.9 Å². The third-order valence-corrected chi connectivity index (χ3v) is 2.48. The van der Waals surface area contributed by atoms with E-state index in [0.29, 0.717) is 0 Å². The Bertz CT molecular complexity index is 308. The number of ether oxygens (including phenoxy) is 1. The lowest BCUT2D eigenvalue weighted by Crippen LogP contribution is -2.36. The maximum absolute atomic E-state index is 5.49. The molecule has 1 unspecified atom stereocenters. The highest BCUT2D eigenvalue weighted by atomic mass is 16.7. The molecule has 1 aliphatic heterocycles. The van der Waals surface area contributed by atoms with Crippen molar-refractivity contribution in [2.45, 2.75) is 32.4 Å². The molecule has 1 fully saturated rings. The molecule has 0 radical (unpaired) electrons. The predicted octanol–water partition coefficient (Wildman–Crippen LogP) is 2.41. The molecule has 0 bridgehead atoms. The zero-order valence-corrected chi connectivity index (χ0v) is 9.03. The number of hydrogen-bond acceptors (Lipinski definition) is 3. The average molecular weight is 207 g/mol. The number of hydroxylamine groups is 1. The molecule has 1 saturated heterocycles. The lowest BCUT2D eigenvalue weighted by molar-refractivity contribution is -0.0641. The lowest BCUT2D eigenvalue weighted by Gasteiger charge is -2.23. The average Bonchev–Trinajstić information content (AvgIpc) is 2.28. The van der Waals surface area contributed by atoms with Crippen molar-refractivity contribution in [1.29, 1.82) is 0 Å². The Kier molecular flexibility index (Phi) is 3.59. The van der Waals surface area contributed by atoms with Crippen molar-refractivity contribution in [3.63, 3.8) is 0 Å². The Morgan fingerprint density at radius 3 is 3.07 bits per heavy atom. The van der Waals surface area contributed by atoms with E-state index in [1.807, 2.05) is 31.2 Å². The summed E-state index contributed by atoms with van der Waals surface area (Å²) in [5.41, 5.74) is 4.14. The number of aryl methyl sites for hydroxylation is 1. The van der Waals surface area contributed by atoms with Gasteiger partial charge in [0.1, 0.15) is 12.0 Å². The van der Waals surface area contributed by atoms with E-state index in [1.54, 1.807) is 0 Å². The van der Waals surface area contributed by atoms with E-state index >= 15 is 0 Å². The molecule has 82 valence electrons. The van der Waals surface area contributed by atoms with E-state index < -0.39 is 0 Å². The van der Waals surface area contributed by atoms with Gasteiger partial charge in [-0.1, -0.05) is 12.1 Å². The van der Waals surface area contributed by atoms with Gasteiger partial charge in [-0.15, -0.1) is 5.48 Å². The number of rotatable bonds is 3. The van der Waals surface area contributed by atoms with Crippen LogP contribution in [0.2, 0.25) is 0 Å². The molecule has 3 heteroatoms. The van der Waals surface area contributed by atoms with Crippen molar-refractivity contribution < 1.29 is 9.57 Å². The fourth-order valence-corrected chi connectivity index (χ4v) is 1.65. The van der Waals surface area contributed by atoms with Crippen LogP contribution in [0.5, 0.6) is 5.75 Å². The third kappa shape index (κ3) is 3.22. The molecule has 2 rings (SSSR count). The summed E-state index contributed by atoms with van der Waals surface area (Å²) in [5, 5.41) is 0. The van der Waals surface area contributed by atoms with Gasteiger partial charge in [0.05, 0.1) is 0 Å². The Balaban J connectivity index is 1.81. The minimum Gasteiger partial charge on any atom is -0.406 e. The molecule has 1 N–H and O–H groups in total. The standard InChI is InChI=1S/C12H17NO2/c1-10-5-4-6-11(9-10)15-13-12-7-2-3-8-14-12/h4-6,9,12-13H,2-3,7-8H2,1H3. The van der Waals surface area contributed by atoms with E-state index in [-0.39, 0.29) is 6.23 Å². The van der Waals surface area contributed by atoms with Gasteiger partial charge in [0.15, 0.2) is 0 Å². The maximum atomic E-state index is 5.49. The molecule has 0 aliphatic carbocycles. The summed E-state index contributed by atoms with van der Waals surface area (Å²) in [6.07, 6.45) is 3.42. The topological polar surface area (TPSA) is 30.5 Å². The van der Waals surface area contributed by atoms with Crippen molar-refractivity contribution in [3.05, 3.63) is 29.8 Å². The van der Waals surface area contributed by atoms with Crippen LogP contribution in [0, 0.1) is 6.92 Å². The molecule has 3 nitrogen and oxygen atoms in total. The van der Waals surface area contributed by atoms with Gasteiger partial charge in [-0.3, -0.25) is 0 Å². The van der Waals surface area contributed by atoms with E-state index in [0.717, 1.165) is 25.2 Å². The maximum Gasteiger partial charge on any atom is 0.147 e. The van der Waals surface area contributed by atoms with Gasteiger partial charge >= 0.3 is 0 Å². The van der Waals surface area contributed by atoms with Crippen LogP contribution in [-0.2, 0) is 4.74 Å². The zero-order valence-electron chi connectivity index (χ0n) is 9.03. The summed E-state index contributed by atoms with van der Waals surface area (Å²) in [7, 11) is 0. The molecule has 0 amide bonds. The molecule has 1 aliphatic rings. The van der Waals surface area contributed by atoms with Gasteiger partial charge in [0, 0.05) is 6.61 Å². The summed E-state index contributed by atoms with van der Waals surface area (Å²) in [4.78, 5) is 5.45. The van der Waals surface area contributed by atoms with Gasteiger partial charge in [0.2, 0.25) is 0 Å². The molecule has 1 aromatic carbocycles. The second-order valence-electron chi connectivity index (χ2n) is 3.89. The summed E-state index contributed by atoms with van der Waals surface area (Å²) in [5.74, 6) is 0.837. The minimum absolute atomic E-state index is 0.0410. The highest BCUT2D eigenvalue weighted by Gasteiger charge is 2.13. The van der Waals surface area contributed by atoms with Crippen LogP contribution in [-0.4, -0.2) is 12.8 Å². The number of nitrogens with one attached hydrogen (secondary N) is 1. The quantitative estimate of drug-likeness (QED) is 0.772. The van der Waals surface area contributed by atoms with Crippen LogP contribution in [0.25, 0.3) is 0 Å². The molecule has 1 heterocycles. The highest BCUT2D eigenvalue weighted by Crippen LogP contribution is 2.14. The minimum atomic E-state index is 0.0410. The van der Waals surface area contributed by atoms with Crippen LogP contribution in [0.1, 0.15) is 24.8 Å². The van der Waals surface area contributed by atoms with E-state index in [9.17, 15) is 0 Å². The Hall–Kier alpha value is -1.06. The first kappa shape index (κ1) is 10.5. The summed E-state index contributed by atoms with van der Waals surface area (Å²) in [6.45, 7) is 2.87. The van der Waals surface area contributed by atoms with Gasteiger partial charge in [-0.25, -0.2) is 0 Å².